The van der Waals surface area contributed by atoms with Crippen molar-refractivity contribution in [3.05, 3.63) is 18.0 Å². The molecule has 0 bridgehead atoms. The first-order valence-electron chi connectivity index (χ1n) is 8.12. The second-order valence-electron chi connectivity index (χ2n) is 7.98. The normalized spacial score (nSPS) is 16.4. The molecule has 1 fully saturated rings. The summed E-state index contributed by atoms with van der Waals surface area (Å²) in [5.41, 5.74) is 0.710. The van der Waals surface area contributed by atoms with Crippen LogP contribution in [0.15, 0.2) is 12.4 Å². The number of carbonyl (C=O) groups excluding carboxylic acids is 1. The molecule has 2 heterocycles. The van der Waals surface area contributed by atoms with E-state index in [0.717, 1.165) is 11.5 Å². The number of aromatic nitrogens is 2. The number of anilines is 1. The number of rotatable bonds is 1. The predicted octanol–water partition coefficient (Wildman–Crippen LogP) is 2.83. The summed E-state index contributed by atoms with van der Waals surface area (Å²) in [6.45, 7) is 14.8. The highest BCUT2D eigenvalue weighted by Gasteiger charge is 2.26. The first-order valence-corrected chi connectivity index (χ1v) is 8.12. The lowest BCUT2D eigenvalue weighted by molar-refractivity contribution is 0.0240. The van der Waals surface area contributed by atoms with Gasteiger partial charge in [0.1, 0.15) is 5.60 Å². The molecule has 1 aromatic heterocycles. The first kappa shape index (κ1) is 17.5. The quantitative estimate of drug-likeness (QED) is 0.796. The number of ether oxygens (including phenoxy) is 1. The van der Waals surface area contributed by atoms with Crippen LogP contribution in [0.1, 0.15) is 47.1 Å². The van der Waals surface area contributed by atoms with E-state index in [9.17, 15) is 4.79 Å². The smallest absolute Gasteiger partial charge is 0.410 e. The fourth-order valence-corrected chi connectivity index (χ4v) is 2.29. The lowest BCUT2D eigenvalue weighted by Gasteiger charge is -2.35. The molecule has 1 aromatic rings. The Balaban J connectivity index is 1.93. The fourth-order valence-electron chi connectivity index (χ4n) is 2.29. The molecule has 2 rings (SSSR count). The van der Waals surface area contributed by atoms with Gasteiger partial charge in [0, 0.05) is 38.6 Å². The van der Waals surface area contributed by atoms with Gasteiger partial charge in [-0.1, -0.05) is 20.8 Å². The van der Waals surface area contributed by atoms with Crippen molar-refractivity contribution in [2.75, 3.05) is 31.1 Å². The lowest BCUT2D eigenvalue weighted by atomic mass is 9.89. The van der Waals surface area contributed by atoms with Crippen LogP contribution in [0, 0.1) is 0 Å². The van der Waals surface area contributed by atoms with Gasteiger partial charge in [-0.25, -0.2) is 14.8 Å². The Hall–Kier alpha value is -1.85. The summed E-state index contributed by atoms with van der Waals surface area (Å²) < 4.78 is 5.41. The van der Waals surface area contributed by atoms with Crippen LogP contribution in [0.4, 0.5) is 10.7 Å². The minimum Gasteiger partial charge on any atom is -0.444 e. The summed E-state index contributed by atoms with van der Waals surface area (Å²) in [5, 5.41) is 0. The average Bonchev–Trinajstić information content (AvgIpc) is 2.45. The Morgan fingerprint density at radius 3 is 1.96 bits per heavy atom. The molecule has 0 aromatic carbocycles. The molecule has 23 heavy (non-hydrogen) atoms. The topological polar surface area (TPSA) is 58.6 Å². The highest BCUT2D eigenvalue weighted by Crippen LogP contribution is 2.22. The Morgan fingerprint density at radius 1 is 1.00 bits per heavy atom. The summed E-state index contributed by atoms with van der Waals surface area (Å²) in [7, 11) is 0. The van der Waals surface area contributed by atoms with Crippen LogP contribution < -0.4 is 4.90 Å². The van der Waals surface area contributed by atoms with Gasteiger partial charge in [-0.3, -0.25) is 0 Å². The van der Waals surface area contributed by atoms with E-state index in [1.807, 2.05) is 33.2 Å². The number of amides is 1. The van der Waals surface area contributed by atoms with Gasteiger partial charge in [0.15, 0.2) is 0 Å². The lowest BCUT2D eigenvalue weighted by Crippen LogP contribution is -2.50. The van der Waals surface area contributed by atoms with Gasteiger partial charge in [-0.15, -0.1) is 0 Å². The first-order chi connectivity index (χ1) is 10.6. The van der Waals surface area contributed by atoms with Crippen LogP contribution in [0.3, 0.4) is 0 Å². The number of carbonyl (C=O) groups is 1. The molecule has 0 saturated carbocycles. The molecule has 1 saturated heterocycles. The molecule has 0 N–H and O–H groups in total. The van der Waals surface area contributed by atoms with Gasteiger partial charge < -0.3 is 14.5 Å². The van der Waals surface area contributed by atoms with Crippen molar-refractivity contribution < 1.29 is 9.53 Å². The van der Waals surface area contributed by atoms with Crippen molar-refractivity contribution in [1.29, 1.82) is 0 Å². The standard InChI is InChI=1S/C17H28N4O2/c1-16(2,3)13-11-18-14(19-12-13)20-7-9-21(10-8-20)15(22)23-17(4,5)6/h11-12H,7-10H2,1-6H3. The number of piperazine rings is 1. The van der Waals surface area contributed by atoms with E-state index in [1.54, 1.807) is 4.90 Å². The van der Waals surface area contributed by atoms with Gasteiger partial charge in [-0.2, -0.15) is 0 Å². The van der Waals surface area contributed by atoms with Crippen LogP contribution in [-0.4, -0.2) is 52.7 Å². The monoisotopic (exact) mass is 320 g/mol. The maximum absolute atomic E-state index is 12.1. The number of hydrogen-bond acceptors (Lipinski definition) is 5. The zero-order valence-electron chi connectivity index (χ0n) is 15.1. The van der Waals surface area contributed by atoms with E-state index in [-0.39, 0.29) is 11.5 Å². The third kappa shape index (κ3) is 4.81. The van der Waals surface area contributed by atoms with E-state index in [2.05, 4.69) is 35.6 Å². The summed E-state index contributed by atoms with van der Waals surface area (Å²) >= 11 is 0. The maximum Gasteiger partial charge on any atom is 0.410 e. The molecule has 0 spiro atoms. The zero-order valence-corrected chi connectivity index (χ0v) is 15.1. The Bertz CT molecular complexity index is 535. The average molecular weight is 320 g/mol. The molecule has 0 radical (unpaired) electrons. The third-order valence-corrected chi connectivity index (χ3v) is 3.72. The van der Waals surface area contributed by atoms with Crippen molar-refractivity contribution >= 4 is 12.0 Å². The van der Waals surface area contributed by atoms with Gasteiger partial charge in [0.25, 0.3) is 0 Å². The van der Waals surface area contributed by atoms with Crippen molar-refractivity contribution in [3.8, 4) is 0 Å². The molecule has 1 amide bonds. The van der Waals surface area contributed by atoms with Gasteiger partial charge in [-0.05, 0) is 31.7 Å². The molecule has 1 aliphatic heterocycles. The molecule has 0 unspecified atom stereocenters. The van der Waals surface area contributed by atoms with Crippen LogP contribution in [0.2, 0.25) is 0 Å². The summed E-state index contributed by atoms with van der Waals surface area (Å²) in [6.07, 6.45) is 3.53. The maximum atomic E-state index is 12.1. The molecule has 1 aliphatic rings. The van der Waals surface area contributed by atoms with Crippen molar-refractivity contribution in [3.63, 3.8) is 0 Å². The minimum atomic E-state index is -0.458. The number of nitrogens with zero attached hydrogens (tertiary/aromatic N) is 4. The van der Waals surface area contributed by atoms with Crippen LogP contribution in [-0.2, 0) is 10.2 Å². The van der Waals surface area contributed by atoms with E-state index in [4.69, 9.17) is 4.74 Å². The Labute approximate surface area is 138 Å². The SMILES string of the molecule is CC(C)(C)OC(=O)N1CCN(c2ncc(C(C)(C)C)cn2)CC1. The third-order valence-electron chi connectivity index (χ3n) is 3.72. The molecule has 128 valence electrons. The molecule has 6 nitrogen and oxygen atoms in total. The highest BCUT2D eigenvalue weighted by atomic mass is 16.6. The van der Waals surface area contributed by atoms with E-state index < -0.39 is 5.60 Å². The molecule has 6 heteroatoms. The minimum absolute atomic E-state index is 0.0495. The van der Waals surface area contributed by atoms with Crippen molar-refractivity contribution in [2.45, 2.75) is 52.6 Å². The largest absolute Gasteiger partial charge is 0.444 e. The van der Waals surface area contributed by atoms with Gasteiger partial charge >= 0.3 is 6.09 Å². The van der Waals surface area contributed by atoms with E-state index >= 15 is 0 Å². The number of hydrogen-bond donors (Lipinski definition) is 0. The fraction of sp³-hybridized carbons (Fsp3) is 0.706. The molecular weight excluding hydrogens is 292 g/mol. The Morgan fingerprint density at radius 2 is 1.52 bits per heavy atom. The Kier molecular flexibility index (Phi) is 4.82. The molecule has 0 aliphatic carbocycles. The molecular formula is C17H28N4O2. The van der Waals surface area contributed by atoms with E-state index in [0.29, 0.717) is 26.2 Å². The van der Waals surface area contributed by atoms with Crippen LogP contribution in [0.5, 0.6) is 0 Å². The van der Waals surface area contributed by atoms with Crippen molar-refractivity contribution in [2.24, 2.45) is 0 Å². The summed E-state index contributed by atoms with van der Waals surface area (Å²) in [6, 6.07) is 0. The van der Waals surface area contributed by atoms with Gasteiger partial charge in [0.05, 0.1) is 0 Å². The van der Waals surface area contributed by atoms with Crippen molar-refractivity contribution in [1.82, 2.24) is 14.9 Å². The second-order valence-corrected chi connectivity index (χ2v) is 7.98. The predicted molar refractivity (Wildman–Crippen MR) is 90.8 cm³/mol. The van der Waals surface area contributed by atoms with Crippen LogP contribution >= 0.6 is 0 Å². The molecule has 0 atom stereocenters. The summed E-state index contributed by atoms with van der Waals surface area (Å²) in [5.74, 6) is 0.724. The van der Waals surface area contributed by atoms with Gasteiger partial charge in [0.2, 0.25) is 5.95 Å². The summed E-state index contributed by atoms with van der Waals surface area (Å²) in [4.78, 5) is 24.9. The van der Waals surface area contributed by atoms with Crippen LogP contribution in [0.25, 0.3) is 0 Å². The highest BCUT2D eigenvalue weighted by molar-refractivity contribution is 5.68. The second kappa shape index (κ2) is 6.34. The zero-order chi connectivity index (χ0) is 17.3. The van der Waals surface area contributed by atoms with E-state index in [1.165, 1.54) is 0 Å².